The first-order valence-electron chi connectivity index (χ1n) is 8.55. The van der Waals surface area contributed by atoms with Gasteiger partial charge in [0.05, 0.1) is 11.7 Å². The second kappa shape index (κ2) is 7.09. The van der Waals surface area contributed by atoms with Crippen LogP contribution < -0.4 is 5.32 Å². The van der Waals surface area contributed by atoms with Crippen molar-refractivity contribution < 1.29 is 14.3 Å². The molecule has 1 saturated heterocycles. The summed E-state index contributed by atoms with van der Waals surface area (Å²) in [5.41, 5.74) is 1.91. The van der Waals surface area contributed by atoms with Gasteiger partial charge in [0.2, 0.25) is 5.95 Å². The van der Waals surface area contributed by atoms with Crippen molar-refractivity contribution in [2.24, 2.45) is 0 Å². The molecule has 2 aliphatic rings. The van der Waals surface area contributed by atoms with Crippen molar-refractivity contribution in [3.63, 3.8) is 0 Å². The van der Waals surface area contributed by atoms with E-state index >= 15 is 0 Å². The number of ether oxygens (including phenoxy) is 2. The van der Waals surface area contributed by atoms with E-state index in [9.17, 15) is 4.79 Å². The third kappa shape index (κ3) is 3.08. The van der Waals surface area contributed by atoms with Gasteiger partial charge in [-0.15, -0.1) is 0 Å². The van der Waals surface area contributed by atoms with E-state index in [-0.39, 0.29) is 12.7 Å². The highest BCUT2D eigenvalue weighted by molar-refractivity contribution is 6.31. The van der Waals surface area contributed by atoms with Gasteiger partial charge in [0.1, 0.15) is 19.0 Å². The highest BCUT2D eigenvalue weighted by Crippen LogP contribution is 2.38. The van der Waals surface area contributed by atoms with Gasteiger partial charge < -0.3 is 14.8 Å². The van der Waals surface area contributed by atoms with Crippen molar-refractivity contribution in [3.8, 4) is 0 Å². The Morgan fingerprint density at radius 3 is 3.08 bits per heavy atom. The van der Waals surface area contributed by atoms with Gasteiger partial charge in [-0.2, -0.15) is 10.1 Å². The average molecular weight is 375 g/mol. The van der Waals surface area contributed by atoms with Crippen molar-refractivity contribution in [1.29, 1.82) is 0 Å². The van der Waals surface area contributed by atoms with E-state index in [1.165, 1.54) is 6.33 Å². The number of esters is 1. The summed E-state index contributed by atoms with van der Waals surface area (Å²) in [5.74, 6) is 0.152. The molecule has 0 spiro atoms. The Bertz CT molecular complexity index is 858. The molecule has 1 aromatic heterocycles. The van der Waals surface area contributed by atoms with Crippen LogP contribution in [0.25, 0.3) is 0 Å². The number of benzene rings is 1. The number of hydrogen-bond acceptors (Lipinski definition) is 6. The lowest BCUT2D eigenvalue weighted by atomic mass is 9.96. The topological polar surface area (TPSA) is 78.3 Å². The molecule has 1 aromatic carbocycles. The molecule has 2 aliphatic heterocycles. The summed E-state index contributed by atoms with van der Waals surface area (Å²) >= 11 is 6.41. The molecule has 0 radical (unpaired) electrons. The Labute approximate surface area is 156 Å². The first-order chi connectivity index (χ1) is 12.6. The zero-order valence-electron chi connectivity index (χ0n) is 14.3. The molecular weight excluding hydrogens is 356 g/mol. The molecule has 0 amide bonds. The lowest BCUT2D eigenvalue weighted by Crippen LogP contribution is -2.31. The molecule has 0 unspecified atom stereocenters. The van der Waals surface area contributed by atoms with Gasteiger partial charge in [-0.1, -0.05) is 29.8 Å². The fourth-order valence-electron chi connectivity index (χ4n) is 3.36. The van der Waals surface area contributed by atoms with Crippen molar-refractivity contribution >= 4 is 23.5 Å². The Hall–Kier alpha value is -2.38. The van der Waals surface area contributed by atoms with Crippen molar-refractivity contribution in [2.45, 2.75) is 31.9 Å². The summed E-state index contributed by atoms with van der Waals surface area (Å²) in [6, 6.07) is 6.90. The maximum absolute atomic E-state index is 12.9. The van der Waals surface area contributed by atoms with E-state index in [2.05, 4.69) is 15.4 Å². The van der Waals surface area contributed by atoms with Crippen LogP contribution in [-0.2, 0) is 14.3 Å². The molecule has 2 atom stereocenters. The fraction of sp³-hybridized carbons (Fsp3) is 0.389. The molecule has 26 heavy (non-hydrogen) atoms. The van der Waals surface area contributed by atoms with E-state index in [1.807, 2.05) is 25.1 Å². The molecule has 2 aromatic rings. The standard InChI is InChI=1S/C18H19ClN4O3/c1-11-15(17(24)26-9-12-5-4-8-25-12)16(13-6-2-3-7-14(13)19)23-18(22-11)20-10-21-23/h2-3,6-7,10,12,16H,4-5,8-9H2,1H3,(H,20,21,22)/t12-,16+/m1/s1. The SMILES string of the molecule is CC1=C(C(=O)OC[C@H]2CCCO2)[C@H](c2ccccc2Cl)n2ncnc2N1. The summed E-state index contributed by atoms with van der Waals surface area (Å²) in [7, 11) is 0. The molecule has 1 N–H and O–H groups in total. The minimum Gasteiger partial charge on any atom is -0.459 e. The molecule has 0 bridgehead atoms. The van der Waals surface area contributed by atoms with Gasteiger partial charge in [-0.25, -0.2) is 9.48 Å². The molecule has 0 aliphatic carbocycles. The molecule has 0 saturated carbocycles. The summed E-state index contributed by atoms with van der Waals surface area (Å²) in [6.45, 7) is 2.79. The lowest BCUT2D eigenvalue weighted by Gasteiger charge is -2.28. The van der Waals surface area contributed by atoms with Crippen LogP contribution in [0.3, 0.4) is 0 Å². The fourth-order valence-corrected chi connectivity index (χ4v) is 3.60. The Morgan fingerprint density at radius 2 is 2.31 bits per heavy atom. The van der Waals surface area contributed by atoms with Crippen LogP contribution in [0.4, 0.5) is 5.95 Å². The molecule has 7 nitrogen and oxygen atoms in total. The second-order valence-electron chi connectivity index (χ2n) is 6.35. The monoisotopic (exact) mass is 374 g/mol. The average Bonchev–Trinajstić information content (AvgIpc) is 3.30. The van der Waals surface area contributed by atoms with Crippen LogP contribution in [-0.4, -0.2) is 40.1 Å². The van der Waals surface area contributed by atoms with E-state index < -0.39 is 12.0 Å². The Morgan fingerprint density at radius 1 is 1.46 bits per heavy atom. The minimum atomic E-state index is -0.501. The normalized spacial score (nSPS) is 22.1. The van der Waals surface area contributed by atoms with Crippen molar-refractivity contribution in [3.05, 3.63) is 52.4 Å². The zero-order chi connectivity index (χ0) is 18.1. The Balaban J connectivity index is 1.68. The van der Waals surface area contributed by atoms with Crippen molar-refractivity contribution in [2.75, 3.05) is 18.5 Å². The first-order valence-corrected chi connectivity index (χ1v) is 8.93. The zero-order valence-corrected chi connectivity index (χ0v) is 15.1. The van der Waals surface area contributed by atoms with Crippen LogP contribution in [0.1, 0.15) is 31.4 Å². The van der Waals surface area contributed by atoms with E-state index in [0.29, 0.717) is 22.2 Å². The van der Waals surface area contributed by atoms with Crippen LogP contribution in [0.15, 0.2) is 41.9 Å². The van der Waals surface area contributed by atoms with Crippen LogP contribution >= 0.6 is 11.6 Å². The summed E-state index contributed by atoms with van der Waals surface area (Å²) < 4.78 is 12.7. The van der Waals surface area contributed by atoms with E-state index in [1.54, 1.807) is 10.7 Å². The molecule has 3 heterocycles. The Kier molecular flexibility index (Phi) is 4.65. The summed E-state index contributed by atoms with van der Waals surface area (Å²) in [4.78, 5) is 17.1. The van der Waals surface area contributed by atoms with Crippen LogP contribution in [0.2, 0.25) is 5.02 Å². The number of nitrogens with one attached hydrogen (secondary N) is 1. The first kappa shape index (κ1) is 17.1. The smallest absolute Gasteiger partial charge is 0.338 e. The molecule has 8 heteroatoms. The van der Waals surface area contributed by atoms with Gasteiger partial charge in [-0.3, -0.25) is 0 Å². The van der Waals surface area contributed by atoms with E-state index in [0.717, 1.165) is 25.0 Å². The predicted octanol–water partition coefficient (Wildman–Crippen LogP) is 2.94. The number of rotatable bonds is 4. The van der Waals surface area contributed by atoms with Crippen LogP contribution in [0, 0.1) is 0 Å². The highest BCUT2D eigenvalue weighted by atomic mass is 35.5. The molecule has 4 rings (SSSR count). The second-order valence-corrected chi connectivity index (χ2v) is 6.76. The predicted molar refractivity (Wildman–Crippen MR) is 95.9 cm³/mol. The maximum atomic E-state index is 12.9. The van der Waals surface area contributed by atoms with Gasteiger partial charge in [0, 0.05) is 22.9 Å². The number of allylic oxidation sites excluding steroid dienone is 1. The van der Waals surface area contributed by atoms with Crippen molar-refractivity contribution in [1.82, 2.24) is 14.8 Å². The quantitative estimate of drug-likeness (QED) is 0.829. The third-order valence-corrected chi connectivity index (χ3v) is 4.98. The molecule has 136 valence electrons. The lowest BCUT2D eigenvalue weighted by molar-refractivity contribution is -0.142. The largest absolute Gasteiger partial charge is 0.459 e. The van der Waals surface area contributed by atoms with Gasteiger partial charge >= 0.3 is 5.97 Å². The number of carbonyl (C=O) groups is 1. The minimum absolute atomic E-state index is 0.0305. The maximum Gasteiger partial charge on any atom is 0.338 e. The number of anilines is 1. The summed E-state index contributed by atoms with van der Waals surface area (Å²) in [6.07, 6.45) is 3.32. The molecular formula is C18H19ClN4O3. The number of nitrogens with zero attached hydrogens (tertiary/aromatic N) is 3. The number of aromatic nitrogens is 3. The summed E-state index contributed by atoms with van der Waals surface area (Å²) in [5, 5.41) is 7.94. The van der Waals surface area contributed by atoms with E-state index in [4.69, 9.17) is 21.1 Å². The van der Waals surface area contributed by atoms with Gasteiger partial charge in [0.25, 0.3) is 0 Å². The van der Waals surface area contributed by atoms with Crippen LogP contribution in [0.5, 0.6) is 0 Å². The number of halogens is 1. The number of hydrogen-bond donors (Lipinski definition) is 1. The number of carbonyl (C=O) groups excluding carboxylic acids is 1. The number of fused-ring (bicyclic) bond motifs is 1. The highest BCUT2D eigenvalue weighted by Gasteiger charge is 2.35. The van der Waals surface area contributed by atoms with Gasteiger partial charge in [0.15, 0.2) is 0 Å². The van der Waals surface area contributed by atoms with Gasteiger partial charge in [-0.05, 0) is 25.8 Å². The third-order valence-electron chi connectivity index (χ3n) is 4.64. The molecule has 1 fully saturated rings.